The molecular formula is C14H12N4O3S. The van der Waals surface area contributed by atoms with Gasteiger partial charge in [-0.3, -0.25) is 14.9 Å². The number of anilines is 1. The molecule has 0 radical (unpaired) electrons. The number of benzene rings is 1. The quantitative estimate of drug-likeness (QED) is 0.752. The number of fused-ring (bicyclic) bond motifs is 1. The lowest BCUT2D eigenvalue weighted by Crippen LogP contribution is -2.16. The van der Waals surface area contributed by atoms with Crippen molar-refractivity contribution in [3.8, 4) is 0 Å². The van der Waals surface area contributed by atoms with E-state index in [1.54, 1.807) is 10.8 Å². The number of thiazole rings is 1. The molecule has 0 saturated carbocycles. The monoisotopic (exact) mass is 316 g/mol. The third-order valence-corrected chi connectivity index (χ3v) is 4.03. The molecule has 1 amide bonds. The van der Waals surface area contributed by atoms with Gasteiger partial charge in [0.2, 0.25) is 5.95 Å². The number of hydrogen-bond donors (Lipinski definition) is 2. The summed E-state index contributed by atoms with van der Waals surface area (Å²) in [6, 6.07) is 7.50. The molecule has 0 saturated heterocycles. The molecule has 0 aliphatic carbocycles. The zero-order valence-electron chi connectivity index (χ0n) is 11.4. The molecule has 2 aromatic heterocycles. The standard InChI is InChI=1S/C14H12N4O3S/c19-11(20)5-7-18-8-6-15-14(18)17-12(21)13-16-9-3-1-2-4-10(9)22-13/h1-4,6,8H,5,7H2,(H,19,20)(H,15,17,21). The fourth-order valence-corrected chi connectivity index (χ4v) is 2.82. The summed E-state index contributed by atoms with van der Waals surface area (Å²) in [5.74, 6) is -0.952. The van der Waals surface area contributed by atoms with Gasteiger partial charge in [-0.25, -0.2) is 9.97 Å². The van der Waals surface area contributed by atoms with Crippen molar-refractivity contribution in [2.45, 2.75) is 13.0 Å². The average Bonchev–Trinajstić information content (AvgIpc) is 3.11. The van der Waals surface area contributed by atoms with Crippen LogP contribution in [0.3, 0.4) is 0 Å². The Kier molecular flexibility index (Phi) is 3.84. The van der Waals surface area contributed by atoms with Crippen LogP contribution in [0.25, 0.3) is 10.2 Å². The zero-order chi connectivity index (χ0) is 15.5. The number of carbonyl (C=O) groups excluding carboxylic acids is 1. The van der Waals surface area contributed by atoms with Crippen molar-refractivity contribution in [2.24, 2.45) is 0 Å². The van der Waals surface area contributed by atoms with E-state index in [9.17, 15) is 9.59 Å². The molecule has 0 bridgehead atoms. The van der Waals surface area contributed by atoms with Crippen molar-refractivity contribution in [3.63, 3.8) is 0 Å². The first-order chi connectivity index (χ1) is 10.6. The maximum atomic E-state index is 12.2. The second kappa shape index (κ2) is 5.94. The fourth-order valence-electron chi connectivity index (χ4n) is 1.95. The Balaban J connectivity index is 1.76. The van der Waals surface area contributed by atoms with E-state index in [-0.39, 0.29) is 18.9 Å². The van der Waals surface area contributed by atoms with Crippen LogP contribution in [0, 0.1) is 0 Å². The number of amides is 1. The highest BCUT2D eigenvalue weighted by molar-refractivity contribution is 7.20. The number of para-hydroxylation sites is 1. The highest BCUT2D eigenvalue weighted by Crippen LogP contribution is 2.22. The van der Waals surface area contributed by atoms with Crippen LogP contribution in [0.5, 0.6) is 0 Å². The smallest absolute Gasteiger partial charge is 0.305 e. The Labute approximate surface area is 129 Å². The van der Waals surface area contributed by atoms with E-state index in [0.717, 1.165) is 10.2 Å². The Morgan fingerprint density at radius 2 is 2.14 bits per heavy atom. The number of carbonyl (C=O) groups is 2. The molecule has 22 heavy (non-hydrogen) atoms. The Hall–Kier alpha value is -2.74. The molecule has 8 heteroatoms. The predicted octanol–water partition coefficient (Wildman–Crippen LogP) is 2.22. The number of aliphatic carboxylic acids is 1. The van der Waals surface area contributed by atoms with Crippen LogP contribution in [0.2, 0.25) is 0 Å². The molecule has 2 heterocycles. The van der Waals surface area contributed by atoms with E-state index in [4.69, 9.17) is 5.11 Å². The summed E-state index contributed by atoms with van der Waals surface area (Å²) in [6.07, 6.45) is 3.09. The van der Waals surface area contributed by atoms with Crippen LogP contribution in [0.4, 0.5) is 5.95 Å². The molecular weight excluding hydrogens is 304 g/mol. The van der Waals surface area contributed by atoms with Crippen LogP contribution < -0.4 is 5.32 Å². The molecule has 0 aliphatic rings. The number of aromatic nitrogens is 3. The maximum absolute atomic E-state index is 12.2. The zero-order valence-corrected chi connectivity index (χ0v) is 12.2. The summed E-state index contributed by atoms with van der Waals surface area (Å²) in [6.45, 7) is 0.241. The van der Waals surface area contributed by atoms with Gasteiger partial charge in [0.15, 0.2) is 5.01 Å². The lowest BCUT2D eigenvalue weighted by molar-refractivity contribution is -0.137. The lowest BCUT2D eigenvalue weighted by Gasteiger charge is -2.06. The molecule has 2 N–H and O–H groups in total. The van der Waals surface area contributed by atoms with Gasteiger partial charge in [0.25, 0.3) is 5.91 Å². The summed E-state index contributed by atoms with van der Waals surface area (Å²) in [5.41, 5.74) is 0.770. The van der Waals surface area contributed by atoms with Crippen LogP contribution in [0.1, 0.15) is 16.2 Å². The van der Waals surface area contributed by atoms with E-state index in [1.807, 2.05) is 24.3 Å². The summed E-state index contributed by atoms with van der Waals surface area (Å²) in [5, 5.41) is 11.7. The van der Waals surface area contributed by atoms with Crippen molar-refractivity contribution < 1.29 is 14.7 Å². The van der Waals surface area contributed by atoms with Crippen molar-refractivity contribution in [1.82, 2.24) is 14.5 Å². The van der Waals surface area contributed by atoms with E-state index in [2.05, 4.69) is 15.3 Å². The summed E-state index contributed by atoms with van der Waals surface area (Å²) in [7, 11) is 0. The first-order valence-corrected chi connectivity index (χ1v) is 7.35. The Morgan fingerprint density at radius 1 is 1.32 bits per heavy atom. The van der Waals surface area contributed by atoms with Gasteiger partial charge in [0.1, 0.15) is 0 Å². The second-order valence-corrected chi connectivity index (χ2v) is 5.56. The molecule has 0 fully saturated rings. The van der Waals surface area contributed by atoms with Crippen molar-refractivity contribution in [1.29, 1.82) is 0 Å². The van der Waals surface area contributed by atoms with Crippen LogP contribution in [0.15, 0.2) is 36.7 Å². The Bertz CT molecular complexity index is 806. The fraction of sp³-hybridized carbons (Fsp3) is 0.143. The molecule has 0 atom stereocenters. The van der Waals surface area contributed by atoms with E-state index in [0.29, 0.717) is 11.0 Å². The molecule has 0 aliphatic heterocycles. The molecule has 3 aromatic rings. The van der Waals surface area contributed by atoms with Gasteiger partial charge < -0.3 is 9.67 Å². The first kappa shape index (κ1) is 14.2. The molecule has 3 rings (SSSR count). The van der Waals surface area contributed by atoms with Gasteiger partial charge in [-0.05, 0) is 12.1 Å². The Morgan fingerprint density at radius 3 is 2.91 bits per heavy atom. The number of carboxylic acids is 1. The van der Waals surface area contributed by atoms with Crippen LogP contribution >= 0.6 is 11.3 Å². The summed E-state index contributed by atoms with van der Waals surface area (Å²) >= 11 is 1.30. The minimum absolute atomic E-state index is 0.0413. The topological polar surface area (TPSA) is 97.1 Å². The number of hydrogen-bond acceptors (Lipinski definition) is 5. The van der Waals surface area contributed by atoms with E-state index >= 15 is 0 Å². The average molecular weight is 316 g/mol. The third-order valence-electron chi connectivity index (χ3n) is 3.00. The SMILES string of the molecule is O=C(O)CCn1ccnc1NC(=O)c1nc2ccccc2s1. The highest BCUT2D eigenvalue weighted by Gasteiger charge is 2.15. The molecule has 7 nitrogen and oxygen atoms in total. The largest absolute Gasteiger partial charge is 0.481 e. The molecule has 0 unspecified atom stereocenters. The number of carboxylic acid groups (broad SMARTS) is 1. The number of nitrogens with zero attached hydrogens (tertiary/aromatic N) is 3. The van der Waals surface area contributed by atoms with Gasteiger partial charge >= 0.3 is 5.97 Å². The third kappa shape index (κ3) is 2.96. The highest BCUT2D eigenvalue weighted by atomic mass is 32.1. The minimum Gasteiger partial charge on any atom is -0.481 e. The van der Waals surface area contributed by atoms with Gasteiger partial charge in [-0.2, -0.15) is 0 Å². The van der Waals surface area contributed by atoms with E-state index in [1.165, 1.54) is 17.5 Å². The van der Waals surface area contributed by atoms with E-state index < -0.39 is 5.97 Å². The number of nitrogens with one attached hydrogen (secondary N) is 1. The number of rotatable bonds is 5. The second-order valence-electron chi connectivity index (χ2n) is 4.53. The predicted molar refractivity (Wildman–Crippen MR) is 82.1 cm³/mol. The molecule has 0 spiro atoms. The maximum Gasteiger partial charge on any atom is 0.305 e. The minimum atomic E-state index is -0.905. The van der Waals surface area contributed by atoms with Crippen LogP contribution in [-0.2, 0) is 11.3 Å². The number of aryl methyl sites for hydroxylation is 1. The van der Waals surface area contributed by atoms with Gasteiger partial charge in [-0.15, -0.1) is 11.3 Å². The van der Waals surface area contributed by atoms with Crippen molar-refractivity contribution >= 4 is 39.4 Å². The normalized spacial score (nSPS) is 10.7. The lowest BCUT2D eigenvalue weighted by atomic mass is 10.3. The van der Waals surface area contributed by atoms with Crippen LogP contribution in [-0.4, -0.2) is 31.5 Å². The van der Waals surface area contributed by atoms with Crippen molar-refractivity contribution in [3.05, 3.63) is 41.7 Å². The summed E-state index contributed by atoms with van der Waals surface area (Å²) < 4.78 is 2.51. The first-order valence-electron chi connectivity index (χ1n) is 6.53. The van der Waals surface area contributed by atoms with Gasteiger partial charge in [-0.1, -0.05) is 12.1 Å². The van der Waals surface area contributed by atoms with Gasteiger partial charge in [0, 0.05) is 18.9 Å². The van der Waals surface area contributed by atoms with Crippen molar-refractivity contribution in [2.75, 3.05) is 5.32 Å². The molecule has 112 valence electrons. The summed E-state index contributed by atoms with van der Waals surface area (Å²) in [4.78, 5) is 31.2. The molecule has 1 aromatic carbocycles. The van der Waals surface area contributed by atoms with Gasteiger partial charge in [0.05, 0.1) is 16.6 Å². The number of imidazole rings is 1.